The van der Waals surface area contributed by atoms with Crippen molar-refractivity contribution < 1.29 is 5.11 Å². The fourth-order valence-electron chi connectivity index (χ4n) is 0.882. The van der Waals surface area contributed by atoms with Crippen LogP contribution in [-0.2, 0) is 0 Å². The number of alkyl halides is 1. The summed E-state index contributed by atoms with van der Waals surface area (Å²) in [5, 5.41) is 9.08. The van der Waals surface area contributed by atoms with Gasteiger partial charge in [-0.05, 0) is 20.0 Å². The van der Waals surface area contributed by atoms with Gasteiger partial charge in [0.05, 0.1) is 6.10 Å². The maximum atomic E-state index is 9.08. The van der Waals surface area contributed by atoms with Gasteiger partial charge in [-0.2, -0.15) is 0 Å². The smallest absolute Gasteiger partial charge is 0.0802 e. The summed E-state index contributed by atoms with van der Waals surface area (Å²) in [4.78, 5) is 2.08. The van der Waals surface area contributed by atoms with Crippen LogP contribution in [0.5, 0.6) is 0 Å². The van der Waals surface area contributed by atoms with Crippen molar-refractivity contribution in [3.05, 3.63) is 0 Å². The molecular weight excluding hydrogens is 150 g/mol. The number of rotatable bonds is 5. The van der Waals surface area contributed by atoms with Gasteiger partial charge in [-0.1, -0.05) is 6.92 Å². The Kier molecular flexibility index (Phi) is 6.08. The monoisotopic (exact) mass is 165 g/mol. The van der Waals surface area contributed by atoms with Crippen LogP contribution in [0.25, 0.3) is 0 Å². The van der Waals surface area contributed by atoms with E-state index in [4.69, 9.17) is 16.7 Å². The van der Waals surface area contributed by atoms with Crippen LogP contribution < -0.4 is 0 Å². The SMILES string of the molecule is CCCN(C)CC(O)CCl. The second-order valence-electron chi connectivity index (χ2n) is 2.57. The molecule has 0 rings (SSSR count). The number of likely N-dealkylation sites (N-methyl/N-ethyl adjacent to an activating group) is 1. The predicted octanol–water partition coefficient (Wildman–Crippen LogP) is 0.928. The van der Waals surface area contributed by atoms with Gasteiger partial charge in [-0.3, -0.25) is 0 Å². The van der Waals surface area contributed by atoms with E-state index in [2.05, 4.69) is 11.8 Å². The van der Waals surface area contributed by atoms with Crippen molar-refractivity contribution in [3.8, 4) is 0 Å². The van der Waals surface area contributed by atoms with Crippen LogP contribution in [0.1, 0.15) is 13.3 Å². The minimum Gasteiger partial charge on any atom is -0.391 e. The van der Waals surface area contributed by atoms with Gasteiger partial charge in [0.1, 0.15) is 0 Å². The molecule has 0 amide bonds. The lowest BCUT2D eigenvalue weighted by Gasteiger charge is -2.17. The molecule has 1 unspecified atom stereocenters. The fraction of sp³-hybridized carbons (Fsp3) is 1.00. The molecule has 3 heteroatoms. The van der Waals surface area contributed by atoms with Crippen LogP contribution in [0.15, 0.2) is 0 Å². The summed E-state index contributed by atoms with van der Waals surface area (Å²) in [6.45, 7) is 3.81. The highest BCUT2D eigenvalue weighted by atomic mass is 35.5. The molecule has 0 aliphatic heterocycles. The number of nitrogens with zero attached hydrogens (tertiary/aromatic N) is 1. The lowest BCUT2D eigenvalue weighted by molar-refractivity contribution is 0.144. The van der Waals surface area contributed by atoms with Crippen molar-refractivity contribution in [2.45, 2.75) is 19.4 Å². The molecule has 0 aromatic rings. The molecule has 0 saturated heterocycles. The lowest BCUT2D eigenvalue weighted by atomic mass is 10.3. The van der Waals surface area contributed by atoms with E-state index < -0.39 is 0 Å². The molecule has 0 radical (unpaired) electrons. The molecule has 2 nitrogen and oxygen atoms in total. The van der Waals surface area contributed by atoms with Crippen molar-refractivity contribution in [1.29, 1.82) is 0 Å². The van der Waals surface area contributed by atoms with E-state index >= 15 is 0 Å². The third-order valence-electron chi connectivity index (χ3n) is 1.31. The molecule has 0 heterocycles. The van der Waals surface area contributed by atoms with Gasteiger partial charge in [0.15, 0.2) is 0 Å². The third-order valence-corrected chi connectivity index (χ3v) is 1.66. The Labute approximate surface area is 67.8 Å². The number of aliphatic hydroxyl groups is 1. The number of aliphatic hydroxyl groups excluding tert-OH is 1. The van der Waals surface area contributed by atoms with E-state index in [9.17, 15) is 0 Å². The molecule has 62 valence electrons. The summed E-state index contributed by atoms with van der Waals surface area (Å²) in [6.07, 6.45) is 0.740. The minimum atomic E-state index is -0.377. The van der Waals surface area contributed by atoms with Crippen LogP contribution in [0, 0.1) is 0 Å². The van der Waals surface area contributed by atoms with Crippen molar-refractivity contribution in [2.24, 2.45) is 0 Å². The zero-order chi connectivity index (χ0) is 7.98. The first-order valence-electron chi connectivity index (χ1n) is 3.63. The number of halogens is 1. The number of hydrogen-bond acceptors (Lipinski definition) is 2. The summed E-state index contributed by atoms with van der Waals surface area (Å²) in [5.41, 5.74) is 0. The number of hydrogen-bond donors (Lipinski definition) is 1. The maximum Gasteiger partial charge on any atom is 0.0802 e. The van der Waals surface area contributed by atoms with Crippen LogP contribution >= 0.6 is 11.6 Å². The van der Waals surface area contributed by atoms with Crippen LogP contribution in [0.4, 0.5) is 0 Å². The summed E-state index contributed by atoms with van der Waals surface area (Å²) in [7, 11) is 1.99. The van der Waals surface area contributed by atoms with Gasteiger partial charge in [-0.15, -0.1) is 11.6 Å². The Bertz CT molecular complexity index is 80.0. The molecule has 0 bridgehead atoms. The molecule has 10 heavy (non-hydrogen) atoms. The van der Waals surface area contributed by atoms with Crippen molar-refractivity contribution in [2.75, 3.05) is 26.0 Å². The molecule has 1 N–H and O–H groups in total. The van der Waals surface area contributed by atoms with Crippen molar-refractivity contribution >= 4 is 11.6 Å². The van der Waals surface area contributed by atoms with E-state index in [1.165, 1.54) is 0 Å². The highest BCUT2D eigenvalue weighted by molar-refractivity contribution is 6.18. The quantitative estimate of drug-likeness (QED) is 0.613. The van der Waals surface area contributed by atoms with E-state index in [1.807, 2.05) is 7.05 Å². The van der Waals surface area contributed by atoms with Gasteiger partial charge in [0.2, 0.25) is 0 Å². The summed E-state index contributed by atoms with van der Waals surface area (Å²) in [5.74, 6) is 0.327. The Morgan fingerprint density at radius 1 is 1.60 bits per heavy atom. The fourth-order valence-corrected chi connectivity index (χ4v) is 0.979. The van der Waals surface area contributed by atoms with E-state index in [-0.39, 0.29) is 6.10 Å². The third kappa shape index (κ3) is 5.03. The first-order valence-corrected chi connectivity index (χ1v) is 4.16. The first kappa shape index (κ1) is 10.2. The second kappa shape index (κ2) is 5.96. The molecule has 0 fully saturated rings. The standard InChI is InChI=1S/C7H16ClNO/c1-3-4-9(2)6-7(10)5-8/h7,10H,3-6H2,1-2H3. The molecule has 0 aromatic carbocycles. The Hall–Kier alpha value is 0.210. The Balaban J connectivity index is 3.27. The van der Waals surface area contributed by atoms with Gasteiger partial charge in [-0.25, -0.2) is 0 Å². The molecule has 0 aliphatic rings. The zero-order valence-electron chi connectivity index (χ0n) is 6.68. The lowest BCUT2D eigenvalue weighted by Crippen LogP contribution is -2.30. The first-order chi connectivity index (χ1) is 4.70. The average molecular weight is 166 g/mol. The topological polar surface area (TPSA) is 23.5 Å². The van der Waals surface area contributed by atoms with Crippen molar-refractivity contribution in [1.82, 2.24) is 4.90 Å². The van der Waals surface area contributed by atoms with Gasteiger partial charge in [0, 0.05) is 12.4 Å². The summed E-state index contributed by atoms with van der Waals surface area (Å²) < 4.78 is 0. The second-order valence-corrected chi connectivity index (χ2v) is 2.88. The zero-order valence-corrected chi connectivity index (χ0v) is 7.43. The summed E-state index contributed by atoms with van der Waals surface area (Å²) >= 11 is 5.42. The highest BCUT2D eigenvalue weighted by Crippen LogP contribution is 1.92. The Morgan fingerprint density at radius 2 is 2.20 bits per heavy atom. The van der Waals surface area contributed by atoms with Crippen LogP contribution in [0.3, 0.4) is 0 Å². The molecule has 0 aromatic heterocycles. The maximum absolute atomic E-state index is 9.08. The molecule has 1 atom stereocenters. The van der Waals surface area contributed by atoms with E-state index in [0.29, 0.717) is 12.4 Å². The van der Waals surface area contributed by atoms with Gasteiger partial charge >= 0.3 is 0 Å². The molecule has 0 saturated carbocycles. The van der Waals surface area contributed by atoms with Crippen LogP contribution in [-0.4, -0.2) is 42.1 Å². The molecule has 0 aliphatic carbocycles. The van der Waals surface area contributed by atoms with E-state index in [1.54, 1.807) is 0 Å². The highest BCUT2D eigenvalue weighted by Gasteiger charge is 2.04. The van der Waals surface area contributed by atoms with Crippen molar-refractivity contribution in [3.63, 3.8) is 0 Å². The Morgan fingerprint density at radius 3 is 2.60 bits per heavy atom. The normalized spacial score (nSPS) is 14.1. The average Bonchev–Trinajstić information content (AvgIpc) is 1.88. The van der Waals surface area contributed by atoms with Gasteiger partial charge < -0.3 is 10.0 Å². The van der Waals surface area contributed by atoms with Crippen LogP contribution in [0.2, 0.25) is 0 Å². The van der Waals surface area contributed by atoms with E-state index in [0.717, 1.165) is 13.0 Å². The molecular formula is C7H16ClNO. The summed E-state index contributed by atoms with van der Waals surface area (Å²) in [6, 6.07) is 0. The predicted molar refractivity (Wildman–Crippen MR) is 44.5 cm³/mol. The molecule has 0 spiro atoms. The van der Waals surface area contributed by atoms with Gasteiger partial charge in [0.25, 0.3) is 0 Å². The largest absolute Gasteiger partial charge is 0.391 e. The minimum absolute atomic E-state index is 0.327.